The maximum Gasteiger partial charge on any atom is 0.495 e. The van der Waals surface area contributed by atoms with Crippen molar-refractivity contribution in [1.82, 2.24) is 0 Å². The molecule has 1 aromatic carbocycles. The Labute approximate surface area is 113 Å². The van der Waals surface area contributed by atoms with Gasteiger partial charge in [0.1, 0.15) is 12.4 Å². The SMILES string of the molecule is Cc1ccc(OCC(C)(C)O)c2c1C(CN)OB2O. The number of hydrogen-bond donors (Lipinski definition) is 3. The molecule has 0 spiro atoms. The lowest BCUT2D eigenvalue weighted by molar-refractivity contribution is 0.0288. The second-order valence-electron chi connectivity index (χ2n) is 5.52. The molecule has 1 aliphatic rings. The molecule has 0 radical (unpaired) electrons. The molecule has 0 saturated heterocycles. The molecule has 4 N–H and O–H groups in total. The van der Waals surface area contributed by atoms with Gasteiger partial charge in [-0.3, -0.25) is 0 Å². The first-order valence-electron chi connectivity index (χ1n) is 6.35. The minimum atomic E-state index is -1.03. The molecule has 2 rings (SSSR count). The highest BCUT2D eigenvalue weighted by molar-refractivity contribution is 6.63. The first-order valence-corrected chi connectivity index (χ1v) is 6.35. The molecule has 1 atom stereocenters. The maximum atomic E-state index is 10.00. The normalized spacial score (nSPS) is 18.6. The van der Waals surface area contributed by atoms with Crippen LogP contribution < -0.4 is 15.9 Å². The van der Waals surface area contributed by atoms with Crippen LogP contribution in [0.15, 0.2) is 12.1 Å². The minimum absolute atomic E-state index is 0.141. The number of hydrogen-bond acceptors (Lipinski definition) is 5. The molecule has 0 fully saturated rings. The van der Waals surface area contributed by atoms with E-state index < -0.39 is 12.7 Å². The molecular formula is C13H20BNO4. The van der Waals surface area contributed by atoms with Crippen LogP contribution in [0.3, 0.4) is 0 Å². The van der Waals surface area contributed by atoms with E-state index in [1.165, 1.54) is 0 Å². The van der Waals surface area contributed by atoms with Gasteiger partial charge in [0, 0.05) is 12.0 Å². The van der Waals surface area contributed by atoms with E-state index in [4.69, 9.17) is 15.1 Å². The Morgan fingerprint density at radius 3 is 2.74 bits per heavy atom. The average Bonchev–Trinajstić information content (AvgIpc) is 2.66. The number of aliphatic hydroxyl groups is 1. The van der Waals surface area contributed by atoms with Crippen LogP contribution >= 0.6 is 0 Å². The van der Waals surface area contributed by atoms with Crippen molar-refractivity contribution in [3.05, 3.63) is 23.3 Å². The Kier molecular flexibility index (Phi) is 3.87. The summed E-state index contributed by atoms with van der Waals surface area (Å²) in [5, 5.41) is 19.7. The largest absolute Gasteiger partial charge is 0.495 e. The van der Waals surface area contributed by atoms with Gasteiger partial charge in [-0.05, 0) is 38.0 Å². The summed E-state index contributed by atoms with van der Waals surface area (Å²) in [6.45, 7) is 5.72. The van der Waals surface area contributed by atoms with E-state index in [2.05, 4.69) is 0 Å². The fraction of sp³-hybridized carbons (Fsp3) is 0.538. The van der Waals surface area contributed by atoms with E-state index in [9.17, 15) is 10.1 Å². The quantitative estimate of drug-likeness (QED) is 0.660. The molecular weight excluding hydrogens is 245 g/mol. The summed E-state index contributed by atoms with van der Waals surface area (Å²) in [5.41, 5.74) is 7.25. The van der Waals surface area contributed by atoms with Gasteiger partial charge in [-0.2, -0.15) is 0 Å². The van der Waals surface area contributed by atoms with Gasteiger partial charge in [-0.15, -0.1) is 0 Å². The standard InChI is InChI=1S/C13H20BNO4/c1-8-4-5-9(18-7-13(2,3)16)12-11(8)10(6-15)19-14(12)17/h4-5,10,16-17H,6-7,15H2,1-3H3. The molecule has 1 aromatic rings. The van der Waals surface area contributed by atoms with E-state index >= 15 is 0 Å². The number of ether oxygens (including phenoxy) is 1. The Balaban J connectivity index is 2.35. The summed E-state index contributed by atoms with van der Waals surface area (Å²) < 4.78 is 11.0. The van der Waals surface area contributed by atoms with Crippen LogP contribution in [0, 0.1) is 6.92 Å². The highest BCUT2D eigenvalue weighted by atomic mass is 16.5. The van der Waals surface area contributed by atoms with Crippen molar-refractivity contribution in [3.8, 4) is 5.75 Å². The van der Waals surface area contributed by atoms with Gasteiger partial charge in [0.15, 0.2) is 0 Å². The zero-order valence-corrected chi connectivity index (χ0v) is 11.5. The van der Waals surface area contributed by atoms with Crippen LogP contribution in [0.4, 0.5) is 0 Å². The summed E-state index contributed by atoms with van der Waals surface area (Å²) >= 11 is 0. The molecule has 6 heteroatoms. The molecule has 0 aromatic heterocycles. The van der Waals surface area contributed by atoms with E-state index in [0.29, 0.717) is 17.8 Å². The lowest BCUT2D eigenvalue weighted by Gasteiger charge is -2.20. The third kappa shape index (κ3) is 2.92. The third-order valence-electron chi connectivity index (χ3n) is 3.12. The highest BCUT2D eigenvalue weighted by Crippen LogP contribution is 2.30. The van der Waals surface area contributed by atoms with Crippen LogP contribution in [0.5, 0.6) is 5.75 Å². The number of aryl methyl sites for hydroxylation is 1. The maximum absolute atomic E-state index is 10.00. The summed E-state index contributed by atoms with van der Waals surface area (Å²) in [6.07, 6.45) is -0.310. The molecule has 0 saturated carbocycles. The summed E-state index contributed by atoms with van der Waals surface area (Å²) in [4.78, 5) is 0. The first-order chi connectivity index (χ1) is 8.83. The summed E-state index contributed by atoms with van der Waals surface area (Å²) in [6, 6.07) is 3.69. The van der Waals surface area contributed by atoms with Crippen molar-refractivity contribution in [2.24, 2.45) is 5.73 Å². The van der Waals surface area contributed by atoms with Gasteiger partial charge < -0.3 is 25.3 Å². The molecule has 19 heavy (non-hydrogen) atoms. The summed E-state index contributed by atoms with van der Waals surface area (Å²) in [5.74, 6) is 0.533. The van der Waals surface area contributed by atoms with E-state index in [1.54, 1.807) is 19.9 Å². The predicted molar refractivity (Wildman–Crippen MR) is 73.5 cm³/mol. The summed E-state index contributed by atoms with van der Waals surface area (Å²) in [7, 11) is -1.03. The van der Waals surface area contributed by atoms with Crippen molar-refractivity contribution in [2.45, 2.75) is 32.5 Å². The van der Waals surface area contributed by atoms with Crippen molar-refractivity contribution in [2.75, 3.05) is 13.2 Å². The number of fused-ring (bicyclic) bond motifs is 1. The lowest BCUT2D eigenvalue weighted by Crippen LogP contribution is -2.34. The number of rotatable bonds is 4. The van der Waals surface area contributed by atoms with E-state index in [0.717, 1.165) is 11.1 Å². The zero-order chi connectivity index (χ0) is 14.2. The zero-order valence-electron chi connectivity index (χ0n) is 11.5. The molecule has 1 heterocycles. The van der Waals surface area contributed by atoms with E-state index in [-0.39, 0.29) is 12.7 Å². The fourth-order valence-electron chi connectivity index (χ4n) is 2.25. The second-order valence-corrected chi connectivity index (χ2v) is 5.52. The number of benzene rings is 1. The Morgan fingerprint density at radius 2 is 2.16 bits per heavy atom. The Hall–Kier alpha value is -1.08. The highest BCUT2D eigenvalue weighted by Gasteiger charge is 2.38. The molecule has 0 aliphatic carbocycles. The van der Waals surface area contributed by atoms with Gasteiger partial charge in [0.2, 0.25) is 0 Å². The van der Waals surface area contributed by atoms with Gasteiger partial charge in [0.05, 0.1) is 11.7 Å². The third-order valence-corrected chi connectivity index (χ3v) is 3.12. The smallest absolute Gasteiger partial charge is 0.491 e. The van der Waals surface area contributed by atoms with Crippen LogP contribution in [-0.4, -0.2) is 36.0 Å². The van der Waals surface area contributed by atoms with Crippen molar-refractivity contribution in [1.29, 1.82) is 0 Å². The fourth-order valence-corrected chi connectivity index (χ4v) is 2.25. The van der Waals surface area contributed by atoms with E-state index in [1.807, 2.05) is 13.0 Å². The van der Waals surface area contributed by atoms with Crippen LogP contribution in [0.25, 0.3) is 0 Å². The van der Waals surface area contributed by atoms with Gasteiger partial charge in [0.25, 0.3) is 0 Å². The second kappa shape index (κ2) is 5.13. The Morgan fingerprint density at radius 1 is 1.47 bits per heavy atom. The molecule has 0 amide bonds. The van der Waals surface area contributed by atoms with Crippen molar-refractivity contribution in [3.63, 3.8) is 0 Å². The number of nitrogens with two attached hydrogens (primary N) is 1. The van der Waals surface area contributed by atoms with Crippen LogP contribution in [0.2, 0.25) is 0 Å². The van der Waals surface area contributed by atoms with Gasteiger partial charge in [-0.1, -0.05) is 6.07 Å². The molecule has 1 unspecified atom stereocenters. The minimum Gasteiger partial charge on any atom is -0.491 e. The van der Waals surface area contributed by atoms with Gasteiger partial charge in [-0.25, -0.2) is 0 Å². The predicted octanol–water partition coefficient (Wildman–Crippen LogP) is -0.138. The first kappa shape index (κ1) is 14.3. The average molecular weight is 265 g/mol. The van der Waals surface area contributed by atoms with Gasteiger partial charge >= 0.3 is 7.12 Å². The lowest BCUT2D eigenvalue weighted by atomic mass is 9.77. The molecule has 1 aliphatic heterocycles. The molecule has 0 bridgehead atoms. The monoisotopic (exact) mass is 265 g/mol. The van der Waals surface area contributed by atoms with Crippen molar-refractivity contribution < 1.29 is 19.5 Å². The van der Waals surface area contributed by atoms with Crippen LogP contribution in [0.1, 0.15) is 31.1 Å². The van der Waals surface area contributed by atoms with Crippen LogP contribution in [-0.2, 0) is 4.65 Å². The Bertz CT molecular complexity index is 472. The molecule has 104 valence electrons. The molecule has 5 nitrogen and oxygen atoms in total. The van der Waals surface area contributed by atoms with Crippen molar-refractivity contribution >= 4 is 12.6 Å². The topological polar surface area (TPSA) is 84.9 Å².